The molecule has 118 valence electrons. The maximum Gasteiger partial charge on any atom is 0.231 e. The number of fused-ring (bicyclic) bond motifs is 2. The van der Waals surface area contributed by atoms with Crippen molar-refractivity contribution in [2.45, 2.75) is 32.1 Å². The molecule has 0 saturated carbocycles. The highest BCUT2D eigenvalue weighted by molar-refractivity contribution is 5.96. The third-order valence-electron chi connectivity index (χ3n) is 4.83. The number of carbonyl (C=O) groups excluding carboxylic acids is 1. The van der Waals surface area contributed by atoms with E-state index in [0.29, 0.717) is 24.2 Å². The van der Waals surface area contributed by atoms with Gasteiger partial charge in [0.25, 0.3) is 0 Å². The van der Waals surface area contributed by atoms with Gasteiger partial charge in [-0.25, -0.2) is 8.78 Å². The third-order valence-corrected chi connectivity index (χ3v) is 4.83. The molecule has 0 saturated heterocycles. The number of aryl methyl sites for hydroxylation is 2. The zero-order valence-electron chi connectivity index (χ0n) is 12.7. The number of hydrogen-bond donors (Lipinski definition) is 0. The SMILES string of the molecule is O=C(Cc1ccc2c(c1)CCC2)N1CCc2c(F)cc(F)cc21. The number of amides is 1. The summed E-state index contributed by atoms with van der Waals surface area (Å²) in [5.74, 6) is -1.31. The standard InChI is InChI=1S/C19H17F2NO/c20-15-10-17(21)16-6-7-22(18(16)11-15)19(23)9-12-4-5-13-2-1-3-14(13)8-12/h4-5,8,10-11H,1-3,6-7,9H2. The third kappa shape index (κ3) is 2.52. The van der Waals surface area contributed by atoms with Crippen LogP contribution < -0.4 is 4.90 Å². The quantitative estimate of drug-likeness (QED) is 0.830. The molecule has 4 rings (SSSR count). The van der Waals surface area contributed by atoms with Crippen LogP contribution in [0.25, 0.3) is 0 Å². The monoisotopic (exact) mass is 313 g/mol. The Bertz CT molecular complexity index is 800. The van der Waals surface area contributed by atoms with Crippen LogP contribution in [0.15, 0.2) is 30.3 Å². The fourth-order valence-electron chi connectivity index (χ4n) is 3.69. The van der Waals surface area contributed by atoms with E-state index in [9.17, 15) is 13.6 Å². The maximum atomic E-state index is 13.8. The van der Waals surface area contributed by atoms with Crippen LogP contribution in [0.2, 0.25) is 0 Å². The van der Waals surface area contributed by atoms with Gasteiger partial charge in [0, 0.05) is 18.2 Å². The fraction of sp³-hybridized carbons (Fsp3) is 0.316. The summed E-state index contributed by atoms with van der Waals surface area (Å²) in [6, 6.07) is 8.33. The minimum absolute atomic E-state index is 0.105. The predicted molar refractivity (Wildman–Crippen MR) is 84.6 cm³/mol. The van der Waals surface area contributed by atoms with Gasteiger partial charge in [0.2, 0.25) is 5.91 Å². The number of benzene rings is 2. The highest BCUT2D eigenvalue weighted by Crippen LogP contribution is 2.32. The Morgan fingerprint density at radius 1 is 1.04 bits per heavy atom. The van der Waals surface area contributed by atoms with Crippen LogP contribution in [0.3, 0.4) is 0 Å². The summed E-state index contributed by atoms with van der Waals surface area (Å²) >= 11 is 0. The van der Waals surface area contributed by atoms with Crippen molar-refractivity contribution in [3.63, 3.8) is 0 Å². The Hall–Kier alpha value is -2.23. The Kier molecular flexibility index (Phi) is 3.40. The number of rotatable bonds is 2. The van der Waals surface area contributed by atoms with Crippen molar-refractivity contribution in [2.75, 3.05) is 11.4 Å². The lowest BCUT2D eigenvalue weighted by atomic mass is 10.0. The number of hydrogen-bond acceptors (Lipinski definition) is 1. The first-order chi connectivity index (χ1) is 11.1. The number of nitrogens with zero attached hydrogens (tertiary/aromatic N) is 1. The Morgan fingerprint density at radius 3 is 2.74 bits per heavy atom. The lowest BCUT2D eigenvalue weighted by molar-refractivity contribution is -0.117. The summed E-state index contributed by atoms with van der Waals surface area (Å²) < 4.78 is 27.2. The van der Waals surface area contributed by atoms with Gasteiger partial charge in [0.1, 0.15) is 11.6 Å². The van der Waals surface area contributed by atoms with E-state index in [2.05, 4.69) is 12.1 Å². The van der Waals surface area contributed by atoms with Crippen molar-refractivity contribution in [3.05, 3.63) is 64.2 Å². The summed E-state index contributed by atoms with van der Waals surface area (Å²) in [4.78, 5) is 14.1. The molecule has 2 aliphatic rings. The first-order valence-corrected chi connectivity index (χ1v) is 8.01. The molecule has 0 unspecified atom stereocenters. The summed E-state index contributed by atoms with van der Waals surface area (Å²) in [6.07, 6.45) is 4.06. The van der Waals surface area contributed by atoms with E-state index in [1.165, 1.54) is 28.5 Å². The molecule has 0 atom stereocenters. The van der Waals surface area contributed by atoms with Gasteiger partial charge in [-0.15, -0.1) is 0 Å². The summed E-state index contributed by atoms with van der Waals surface area (Å²) in [5.41, 5.74) is 4.49. The van der Waals surface area contributed by atoms with Crippen LogP contribution in [0, 0.1) is 11.6 Å². The number of halogens is 2. The van der Waals surface area contributed by atoms with Gasteiger partial charge in [-0.2, -0.15) is 0 Å². The normalized spacial score (nSPS) is 15.7. The summed E-state index contributed by atoms with van der Waals surface area (Å²) in [5, 5.41) is 0. The molecule has 1 heterocycles. The van der Waals surface area contributed by atoms with E-state index < -0.39 is 11.6 Å². The summed E-state index contributed by atoms with van der Waals surface area (Å²) in [7, 11) is 0. The molecule has 0 bridgehead atoms. The molecule has 0 N–H and O–H groups in total. The summed E-state index contributed by atoms with van der Waals surface area (Å²) in [6.45, 7) is 0.416. The molecule has 1 amide bonds. The van der Waals surface area contributed by atoms with E-state index >= 15 is 0 Å². The molecule has 2 aromatic rings. The Morgan fingerprint density at radius 2 is 1.87 bits per heavy atom. The maximum absolute atomic E-state index is 13.8. The van der Waals surface area contributed by atoms with E-state index in [-0.39, 0.29) is 12.3 Å². The molecule has 1 aliphatic carbocycles. The minimum atomic E-state index is -0.640. The second-order valence-corrected chi connectivity index (χ2v) is 6.31. The van der Waals surface area contributed by atoms with Crippen molar-refractivity contribution in [1.82, 2.24) is 0 Å². The van der Waals surface area contributed by atoms with Crippen molar-refractivity contribution in [3.8, 4) is 0 Å². The van der Waals surface area contributed by atoms with Gasteiger partial charge < -0.3 is 4.90 Å². The van der Waals surface area contributed by atoms with Crippen molar-refractivity contribution in [2.24, 2.45) is 0 Å². The first kappa shape index (κ1) is 14.4. The second kappa shape index (κ2) is 5.44. The number of carbonyl (C=O) groups is 1. The molecule has 0 spiro atoms. The van der Waals surface area contributed by atoms with Gasteiger partial charge >= 0.3 is 0 Å². The van der Waals surface area contributed by atoms with Crippen LogP contribution in [-0.4, -0.2) is 12.5 Å². The van der Waals surface area contributed by atoms with Crippen LogP contribution in [0.1, 0.15) is 28.7 Å². The first-order valence-electron chi connectivity index (χ1n) is 8.01. The molecule has 0 radical (unpaired) electrons. The lowest BCUT2D eigenvalue weighted by Gasteiger charge is -2.18. The van der Waals surface area contributed by atoms with Crippen molar-refractivity contribution >= 4 is 11.6 Å². The average molecular weight is 313 g/mol. The average Bonchev–Trinajstić information content (AvgIpc) is 3.12. The van der Waals surface area contributed by atoms with Crippen molar-refractivity contribution < 1.29 is 13.6 Å². The molecular weight excluding hydrogens is 296 g/mol. The van der Waals surface area contributed by atoms with Crippen LogP contribution >= 0.6 is 0 Å². The predicted octanol–water partition coefficient (Wildman–Crippen LogP) is 3.59. The molecule has 0 aromatic heterocycles. The molecular formula is C19H17F2NO. The van der Waals surface area contributed by atoms with Crippen molar-refractivity contribution in [1.29, 1.82) is 0 Å². The van der Waals surface area contributed by atoms with Gasteiger partial charge in [-0.05, 0) is 48.4 Å². The zero-order chi connectivity index (χ0) is 16.0. The molecule has 2 nitrogen and oxygen atoms in total. The highest BCUT2D eigenvalue weighted by atomic mass is 19.1. The van der Waals surface area contributed by atoms with Gasteiger partial charge in [-0.1, -0.05) is 18.2 Å². The fourth-order valence-corrected chi connectivity index (χ4v) is 3.69. The van der Waals surface area contributed by atoms with Gasteiger partial charge in [0.15, 0.2) is 0 Å². The molecule has 2 aromatic carbocycles. The zero-order valence-corrected chi connectivity index (χ0v) is 12.7. The lowest BCUT2D eigenvalue weighted by Crippen LogP contribution is -2.30. The molecule has 1 aliphatic heterocycles. The van der Waals surface area contributed by atoms with E-state index in [0.717, 1.165) is 24.5 Å². The Labute approximate surface area is 133 Å². The van der Waals surface area contributed by atoms with E-state index in [4.69, 9.17) is 0 Å². The van der Waals surface area contributed by atoms with E-state index in [1.807, 2.05) is 6.07 Å². The van der Waals surface area contributed by atoms with Gasteiger partial charge in [0.05, 0.1) is 12.1 Å². The number of anilines is 1. The smallest absolute Gasteiger partial charge is 0.231 e. The van der Waals surface area contributed by atoms with Crippen LogP contribution in [0.4, 0.5) is 14.5 Å². The molecule has 23 heavy (non-hydrogen) atoms. The molecule has 0 fully saturated rings. The van der Waals surface area contributed by atoms with Crippen LogP contribution in [0.5, 0.6) is 0 Å². The minimum Gasteiger partial charge on any atom is -0.311 e. The van der Waals surface area contributed by atoms with Crippen LogP contribution in [-0.2, 0) is 30.5 Å². The largest absolute Gasteiger partial charge is 0.311 e. The highest BCUT2D eigenvalue weighted by Gasteiger charge is 2.28. The molecule has 4 heteroatoms. The second-order valence-electron chi connectivity index (χ2n) is 6.31. The van der Waals surface area contributed by atoms with E-state index in [1.54, 1.807) is 0 Å². The topological polar surface area (TPSA) is 20.3 Å². The van der Waals surface area contributed by atoms with Gasteiger partial charge in [-0.3, -0.25) is 4.79 Å². The Balaban J connectivity index is 1.58.